The van der Waals surface area contributed by atoms with Crippen LogP contribution in [0.1, 0.15) is 16.5 Å². The normalized spacial score (nSPS) is 12.5. The molecule has 1 aromatic carbocycles. The Morgan fingerprint density at radius 1 is 1.41 bits per heavy atom. The fraction of sp³-hybridized carbons (Fsp3) is 0.167. The number of ether oxygens (including phenoxy) is 1. The molecular weight excluding hydrogens is 327 g/mol. The quantitative estimate of drug-likeness (QED) is 0.734. The minimum Gasteiger partial charge on any atom is -0.495 e. The molecule has 0 aliphatic rings. The zero-order valence-corrected chi connectivity index (χ0v) is 12.0. The first-order valence-electron chi connectivity index (χ1n) is 4.82. The summed E-state index contributed by atoms with van der Waals surface area (Å²) in [5, 5.41) is 0.237. The maximum absolute atomic E-state index is 6.38. The molecule has 90 valence electrons. The van der Waals surface area contributed by atoms with Crippen molar-refractivity contribution in [1.82, 2.24) is 0 Å². The van der Waals surface area contributed by atoms with E-state index in [4.69, 9.17) is 32.4 Å². The number of furan rings is 1. The van der Waals surface area contributed by atoms with Gasteiger partial charge in [0.2, 0.25) is 0 Å². The molecule has 2 aromatic rings. The standard InChI is InChI=1S/C12H9BrCl2O2/c1-16-12-9(4-8(14)5-10(12)13)11(15)7-2-3-17-6-7/h2-6,11H,1H3. The van der Waals surface area contributed by atoms with Crippen molar-refractivity contribution in [2.45, 2.75) is 5.38 Å². The van der Waals surface area contributed by atoms with Crippen LogP contribution in [0.15, 0.2) is 39.6 Å². The van der Waals surface area contributed by atoms with E-state index in [1.807, 2.05) is 6.07 Å². The van der Waals surface area contributed by atoms with Gasteiger partial charge in [-0.3, -0.25) is 0 Å². The Bertz CT molecular complexity index is 511. The number of hydrogen-bond donors (Lipinski definition) is 0. The fourth-order valence-electron chi connectivity index (χ4n) is 1.58. The molecule has 0 amide bonds. The van der Waals surface area contributed by atoms with Crippen molar-refractivity contribution in [3.8, 4) is 5.75 Å². The van der Waals surface area contributed by atoms with E-state index in [1.54, 1.807) is 31.8 Å². The molecule has 0 aliphatic carbocycles. The summed E-state index contributed by atoms with van der Waals surface area (Å²) in [7, 11) is 1.59. The molecule has 1 heterocycles. The highest BCUT2D eigenvalue weighted by atomic mass is 79.9. The third-order valence-electron chi connectivity index (χ3n) is 2.35. The van der Waals surface area contributed by atoms with Crippen molar-refractivity contribution in [2.24, 2.45) is 0 Å². The molecule has 0 fully saturated rings. The largest absolute Gasteiger partial charge is 0.495 e. The molecule has 0 aliphatic heterocycles. The lowest BCUT2D eigenvalue weighted by atomic mass is 10.1. The van der Waals surface area contributed by atoms with Crippen molar-refractivity contribution in [2.75, 3.05) is 7.11 Å². The number of hydrogen-bond acceptors (Lipinski definition) is 2. The third-order valence-corrected chi connectivity index (χ3v) is 3.64. The van der Waals surface area contributed by atoms with Gasteiger partial charge in [-0.2, -0.15) is 0 Å². The van der Waals surface area contributed by atoms with Gasteiger partial charge in [-0.15, -0.1) is 11.6 Å². The van der Waals surface area contributed by atoms with E-state index in [0.717, 1.165) is 15.6 Å². The highest BCUT2D eigenvalue weighted by Crippen LogP contribution is 2.41. The summed E-state index contributed by atoms with van der Waals surface area (Å²) in [6, 6.07) is 5.37. The SMILES string of the molecule is COc1c(Br)cc(Cl)cc1C(Cl)c1ccoc1. The van der Waals surface area contributed by atoms with Crippen LogP contribution < -0.4 is 4.74 Å². The van der Waals surface area contributed by atoms with Gasteiger partial charge in [0.1, 0.15) is 5.75 Å². The van der Waals surface area contributed by atoms with Crippen LogP contribution in [0, 0.1) is 0 Å². The second kappa shape index (κ2) is 5.34. The molecule has 0 bridgehead atoms. The van der Waals surface area contributed by atoms with Crippen LogP contribution in [0.3, 0.4) is 0 Å². The molecule has 0 saturated carbocycles. The lowest BCUT2D eigenvalue weighted by Gasteiger charge is -2.14. The number of alkyl halides is 1. The number of benzene rings is 1. The Hall–Kier alpha value is -0.640. The van der Waals surface area contributed by atoms with E-state index in [0.29, 0.717) is 10.8 Å². The van der Waals surface area contributed by atoms with Gasteiger partial charge in [0.25, 0.3) is 0 Å². The van der Waals surface area contributed by atoms with Gasteiger partial charge in [0.05, 0.1) is 29.5 Å². The van der Waals surface area contributed by atoms with Crippen molar-refractivity contribution in [1.29, 1.82) is 0 Å². The maximum Gasteiger partial charge on any atom is 0.138 e. The lowest BCUT2D eigenvalue weighted by molar-refractivity contribution is 0.407. The third kappa shape index (κ3) is 2.62. The first-order valence-corrected chi connectivity index (χ1v) is 6.43. The van der Waals surface area contributed by atoms with Gasteiger partial charge in [-0.1, -0.05) is 11.6 Å². The molecule has 0 radical (unpaired) electrons. The summed E-state index contributed by atoms with van der Waals surface area (Å²) in [6.07, 6.45) is 3.18. The zero-order chi connectivity index (χ0) is 12.4. The van der Waals surface area contributed by atoms with Crippen molar-refractivity contribution < 1.29 is 9.15 Å². The van der Waals surface area contributed by atoms with Crippen LogP contribution in [0.4, 0.5) is 0 Å². The molecule has 2 nitrogen and oxygen atoms in total. The molecule has 17 heavy (non-hydrogen) atoms. The topological polar surface area (TPSA) is 22.4 Å². The minimum absolute atomic E-state index is 0.362. The number of methoxy groups -OCH3 is 1. The minimum atomic E-state index is -0.362. The zero-order valence-electron chi connectivity index (χ0n) is 8.91. The lowest BCUT2D eigenvalue weighted by Crippen LogP contribution is -1.97. The Morgan fingerprint density at radius 2 is 2.18 bits per heavy atom. The molecular formula is C12H9BrCl2O2. The van der Waals surface area contributed by atoms with E-state index in [9.17, 15) is 0 Å². The Morgan fingerprint density at radius 3 is 2.76 bits per heavy atom. The molecule has 1 unspecified atom stereocenters. The molecule has 0 spiro atoms. The summed E-state index contributed by atoms with van der Waals surface area (Å²) in [6.45, 7) is 0. The van der Waals surface area contributed by atoms with E-state index < -0.39 is 0 Å². The summed E-state index contributed by atoms with van der Waals surface area (Å²) in [5.41, 5.74) is 1.66. The summed E-state index contributed by atoms with van der Waals surface area (Å²) < 4.78 is 11.1. The summed E-state index contributed by atoms with van der Waals surface area (Å²) in [5.74, 6) is 0.676. The van der Waals surface area contributed by atoms with E-state index in [1.165, 1.54) is 0 Å². The first-order chi connectivity index (χ1) is 8.13. The summed E-state index contributed by atoms with van der Waals surface area (Å²) >= 11 is 15.8. The predicted octanol–water partition coefficient (Wildman–Crippen LogP) is 5.03. The Labute approximate surface area is 118 Å². The number of rotatable bonds is 3. The summed E-state index contributed by atoms with van der Waals surface area (Å²) in [4.78, 5) is 0. The molecule has 0 N–H and O–H groups in total. The van der Waals surface area contributed by atoms with Crippen molar-refractivity contribution in [3.05, 3.63) is 51.3 Å². The van der Waals surface area contributed by atoms with Crippen LogP contribution >= 0.6 is 39.1 Å². The second-order valence-electron chi connectivity index (χ2n) is 3.43. The molecule has 0 saturated heterocycles. The van der Waals surface area contributed by atoms with Crippen LogP contribution in [0.25, 0.3) is 0 Å². The number of halogens is 3. The van der Waals surface area contributed by atoms with E-state index in [2.05, 4.69) is 15.9 Å². The second-order valence-corrected chi connectivity index (χ2v) is 5.16. The highest BCUT2D eigenvalue weighted by molar-refractivity contribution is 9.10. The fourth-order valence-corrected chi connectivity index (χ4v) is 2.86. The van der Waals surface area contributed by atoms with Crippen LogP contribution in [0.5, 0.6) is 5.75 Å². The Kier molecular flexibility index (Phi) is 4.02. The van der Waals surface area contributed by atoms with Gasteiger partial charge in [0.15, 0.2) is 0 Å². The monoisotopic (exact) mass is 334 g/mol. The van der Waals surface area contributed by atoms with Gasteiger partial charge in [0, 0.05) is 16.1 Å². The van der Waals surface area contributed by atoms with Gasteiger partial charge >= 0.3 is 0 Å². The molecule has 1 atom stereocenters. The van der Waals surface area contributed by atoms with Crippen molar-refractivity contribution >= 4 is 39.1 Å². The van der Waals surface area contributed by atoms with E-state index in [-0.39, 0.29) is 5.38 Å². The molecule has 2 rings (SSSR count). The molecule has 1 aromatic heterocycles. The van der Waals surface area contributed by atoms with Gasteiger partial charge < -0.3 is 9.15 Å². The van der Waals surface area contributed by atoms with Crippen molar-refractivity contribution in [3.63, 3.8) is 0 Å². The van der Waals surface area contributed by atoms with E-state index >= 15 is 0 Å². The maximum atomic E-state index is 6.38. The van der Waals surface area contributed by atoms with Crippen LogP contribution in [-0.4, -0.2) is 7.11 Å². The predicted molar refractivity (Wildman–Crippen MR) is 72.1 cm³/mol. The molecule has 5 heteroatoms. The van der Waals surface area contributed by atoms with Crippen LogP contribution in [-0.2, 0) is 0 Å². The van der Waals surface area contributed by atoms with Gasteiger partial charge in [-0.25, -0.2) is 0 Å². The average molecular weight is 336 g/mol. The van der Waals surface area contributed by atoms with Crippen LogP contribution in [0.2, 0.25) is 5.02 Å². The smallest absolute Gasteiger partial charge is 0.138 e. The van der Waals surface area contributed by atoms with Gasteiger partial charge in [-0.05, 0) is 34.1 Å². The average Bonchev–Trinajstić information content (AvgIpc) is 2.80. The first kappa shape index (κ1) is 12.8. The Balaban J connectivity index is 2.50. The highest BCUT2D eigenvalue weighted by Gasteiger charge is 2.19.